The third kappa shape index (κ3) is 2.05. The summed E-state index contributed by atoms with van der Waals surface area (Å²) in [5.74, 6) is 0. The molecule has 0 saturated heterocycles. The van der Waals surface area contributed by atoms with Crippen molar-refractivity contribution in [1.82, 2.24) is 0 Å². The standard InChI is InChI=1S/C9H10BrFO/c1-9(11,6-12)7-3-2-4-8(10)5-7/h2-5,12H,6H2,1H3/t9-/m1/s1. The fourth-order valence-electron chi connectivity index (χ4n) is 0.904. The smallest absolute Gasteiger partial charge is 0.156 e. The summed E-state index contributed by atoms with van der Waals surface area (Å²) in [5, 5.41) is 8.75. The average molecular weight is 233 g/mol. The molecule has 12 heavy (non-hydrogen) atoms. The molecule has 1 aromatic rings. The van der Waals surface area contributed by atoms with Crippen LogP contribution in [0.25, 0.3) is 0 Å². The first-order valence-electron chi connectivity index (χ1n) is 3.62. The lowest BCUT2D eigenvalue weighted by atomic mass is 9.99. The van der Waals surface area contributed by atoms with Gasteiger partial charge in [0.1, 0.15) is 0 Å². The van der Waals surface area contributed by atoms with Crippen molar-refractivity contribution in [2.24, 2.45) is 0 Å². The summed E-state index contributed by atoms with van der Waals surface area (Å²) in [6.45, 7) is 0.859. The number of alkyl halides is 1. The largest absolute Gasteiger partial charge is 0.393 e. The summed E-state index contributed by atoms with van der Waals surface area (Å²) in [6, 6.07) is 6.88. The van der Waals surface area contributed by atoms with Crippen LogP contribution in [0, 0.1) is 0 Å². The maximum atomic E-state index is 13.5. The lowest BCUT2D eigenvalue weighted by molar-refractivity contribution is 0.0867. The van der Waals surface area contributed by atoms with Gasteiger partial charge in [0.05, 0.1) is 6.61 Å². The van der Waals surface area contributed by atoms with Crippen molar-refractivity contribution >= 4 is 15.9 Å². The van der Waals surface area contributed by atoms with Gasteiger partial charge in [-0.2, -0.15) is 0 Å². The molecule has 0 saturated carbocycles. The molecule has 0 aliphatic heterocycles. The number of rotatable bonds is 2. The van der Waals surface area contributed by atoms with E-state index in [1.165, 1.54) is 6.92 Å². The van der Waals surface area contributed by atoms with E-state index in [2.05, 4.69) is 15.9 Å². The van der Waals surface area contributed by atoms with Gasteiger partial charge in [-0.05, 0) is 24.6 Å². The lowest BCUT2D eigenvalue weighted by Gasteiger charge is -2.17. The van der Waals surface area contributed by atoms with Gasteiger partial charge in [-0.15, -0.1) is 0 Å². The molecule has 0 aromatic heterocycles. The Morgan fingerprint density at radius 2 is 2.25 bits per heavy atom. The summed E-state index contributed by atoms with van der Waals surface area (Å²) >= 11 is 3.24. The molecule has 0 amide bonds. The zero-order valence-corrected chi connectivity index (χ0v) is 8.31. The van der Waals surface area contributed by atoms with Crippen LogP contribution in [0.1, 0.15) is 12.5 Å². The Bertz CT molecular complexity index is 273. The van der Waals surface area contributed by atoms with E-state index in [1.807, 2.05) is 6.07 Å². The maximum Gasteiger partial charge on any atom is 0.156 e. The number of aliphatic hydroxyl groups is 1. The van der Waals surface area contributed by atoms with Crippen LogP contribution in [0.15, 0.2) is 28.7 Å². The minimum Gasteiger partial charge on any atom is -0.393 e. The van der Waals surface area contributed by atoms with Gasteiger partial charge in [0.15, 0.2) is 5.67 Å². The van der Waals surface area contributed by atoms with Crippen molar-refractivity contribution in [1.29, 1.82) is 0 Å². The molecule has 1 nitrogen and oxygen atoms in total. The summed E-state index contributed by atoms with van der Waals surface area (Å²) < 4.78 is 14.3. The second-order valence-corrected chi connectivity index (χ2v) is 3.78. The molecule has 0 unspecified atom stereocenters. The summed E-state index contributed by atoms with van der Waals surface area (Å²) in [4.78, 5) is 0. The van der Waals surface area contributed by atoms with Crippen LogP contribution < -0.4 is 0 Å². The zero-order chi connectivity index (χ0) is 9.19. The lowest BCUT2D eigenvalue weighted by Crippen LogP contribution is -2.19. The predicted octanol–water partition coefficient (Wildman–Crippen LogP) is 2.63. The Kier molecular flexibility index (Phi) is 2.85. The second kappa shape index (κ2) is 3.54. The normalized spacial score (nSPS) is 15.7. The van der Waals surface area contributed by atoms with E-state index < -0.39 is 12.3 Å². The molecule has 1 N–H and O–H groups in total. The number of hydrogen-bond acceptors (Lipinski definition) is 1. The van der Waals surface area contributed by atoms with E-state index >= 15 is 0 Å². The molecule has 1 atom stereocenters. The fraction of sp³-hybridized carbons (Fsp3) is 0.333. The van der Waals surface area contributed by atoms with Crippen LogP contribution in [0.4, 0.5) is 4.39 Å². The Hall–Kier alpha value is -0.410. The van der Waals surface area contributed by atoms with Crippen LogP contribution >= 0.6 is 15.9 Å². The Morgan fingerprint density at radius 3 is 2.75 bits per heavy atom. The predicted molar refractivity (Wildman–Crippen MR) is 49.7 cm³/mol. The molecule has 1 aromatic carbocycles. The first-order valence-corrected chi connectivity index (χ1v) is 4.41. The van der Waals surface area contributed by atoms with Gasteiger partial charge in [0, 0.05) is 4.47 Å². The van der Waals surface area contributed by atoms with E-state index in [0.29, 0.717) is 5.56 Å². The Morgan fingerprint density at radius 1 is 1.58 bits per heavy atom. The van der Waals surface area contributed by atoms with Crippen molar-refractivity contribution < 1.29 is 9.50 Å². The number of aliphatic hydroxyl groups excluding tert-OH is 1. The van der Waals surface area contributed by atoms with Crippen LogP contribution in [-0.2, 0) is 5.67 Å². The highest BCUT2D eigenvalue weighted by atomic mass is 79.9. The summed E-state index contributed by atoms with van der Waals surface area (Å²) in [5.41, 5.74) is -1.16. The molecule has 0 fully saturated rings. The third-order valence-corrected chi connectivity index (χ3v) is 2.22. The first-order chi connectivity index (χ1) is 5.56. The van der Waals surface area contributed by atoms with E-state index in [9.17, 15) is 4.39 Å². The minimum absolute atomic E-state index is 0.486. The number of hydrogen-bond donors (Lipinski definition) is 1. The molecule has 0 radical (unpaired) electrons. The van der Waals surface area contributed by atoms with Crippen molar-refractivity contribution in [3.05, 3.63) is 34.3 Å². The van der Waals surface area contributed by atoms with Crippen LogP contribution in [0.3, 0.4) is 0 Å². The van der Waals surface area contributed by atoms with Crippen LogP contribution in [0.5, 0.6) is 0 Å². The second-order valence-electron chi connectivity index (χ2n) is 2.87. The van der Waals surface area contributed by atoms with E-state index in [1.54, 1.807) is 18.2 Å². The molecular weight excluding hydrogens is 223 g/mol. The molecular formula is C9H10BrFO. The van der Waals surface area contributed by atoms with Crippen molar-refractivity contribution in [3.8, 4) is 0 Å². The molecule has 0 spiro atoms. The maximum absolute atomic E-state index is 13.5. The number of benzene rings is 1. The van der Waals surface area contributed by atoms with Gasteiger partial charge < -0.3 is 5.11 Å². The number of halogens is 2. The summed E-state index contributed by atoms with van der Waals surface area (Å²) in [6.07, 6.45) is 0. The van der Waals surface area contributed by atoms with E-state index in [-0.39, 0.29) is 0 Å². The SMILES string of the molecule is C[C@@](F)(CO)c1cccc(Br)c1. The highest BCUT2D eigenvalue weighted by Gasteiger charge is 2.24. The fourth-order valence-corrected chi connectivity index (χ4v) is 1.30. The average Bonchev–Trinajstić information content (AvgIpc) is 2.05. The van der Waals surface area contributed by atoms with Crippen LogP contribution in [0.2, 0.25) is 0 Å². The van der Waals surface area contributed by atoms with Crippen molar-refractivity contribution in [3.63, 3.8) is 0 Å². The quantitative estimate of drug-likeness (QED) is 0.832. The Labute approximate surface area is 79.4 Å². The molecule has 3 heteroatoms. The molecule has 0 heterocycles. The molecule has 0 aliphatic carbocycles. The van der Waals surface area contributed by atoms with Crippen molar-refractivity contribution in [2.45, 2.75) is 12.6 Å². The monoisotopic (exact) mass is 232 g/mol. The minimum atomic E-state index is -1.65. The van der Waals surface area contributed by atoms with Gasteiger partial charge in [-0.3, -0.25) is 0 Å². The van der Waals surface area contributed by atoms with Crippen LogP contribution in [-0.4, -0.2) is 11.7 Å². The highest BCUT2D eigenvalue weighted by molar-refractivity contribution is 9.10. The molecule has 66 valence electrons. The Balaban J connectivity index is 3.03. The zero-order valence-electron chi connectivity index (χ0n) is 6.72. The van der Waals surface area contributed by atoms with E-state index in [0.717, 1.165) is 4.47 Å². The van der Waals surface area contributed by atoms with Gasteiger partial charge in [-0.25, -0.2) is 4.39 Å². The van der Waals surface area contributed by atoms with Gasteiger partial charge in [0.25, 0.3) is 0 Å². The van der Waals surface area contributed by atoms with Crippen molar-refractivity contribution in [2.75, 3.05) is 6.61 Å². The van der Waals surface area contributed by atoms with Gasteiger partial charge in [-0.1, -0.05) is 28.1 Å². The molecule has 0 bridgehead atoms. The molecule has 1 rings (SSSR count). The molecule has 0 aliphatic rings. The summed E-state index contributed by atoms with van der Waals surface area (Å²) in [7, 11) is 0. The third-order valence-electron chi connectivity index (χ3n) is 1.72. The first kappa shape index (κ1) is 9.68. The van der Waals surface area contributed by atoms with E-state index in [4.69, 9.17) is 5.11 Å². The highest BCUT2D eigenvalue weighted by Crippen LogP contribution is 2.26. The van der Waals surface area contributed by atoms with Gasteiger partial charge in [0.2, 0.25) is 0 Å². The van der Waals surface area contributed by atoms with Gasteiger partial charge >= 0.3 is 0 Å². The topological polar surface area (TPSA) is 20.2 Å².